The summed E-state index contributed by atoms with van der Waals surface area (Å²) in [7, 11) is 2.04. The predicted molar refractivity (Wildman–Crippen MR) is 136 cm³/mol. The van der Waals surface area contributed by atoms with Gasteiger partial charge < -0.3 is 10.2 Å². The van der Waals surface area contributed by atoms with Crippen molar-refractivity contribution in [3.05, 3.63) is 144 Å². The highest BCUT2D eigenvalue weighted by molar-refractivity contribution is 5.42. The van der Waals surface area contributed by atoms with Crippen LogP contribution < -0.4 is 0 Å². The van der Waals surface area contributed by atoms with E-state index >= 15 is 0 Å². The Morgan fingerprint density at radius 3 is 0.971 bits per heavy atom. The molecule has 34 heavy (non-hydrogen) atoms. The summed E-state index contributed by atoms with van der Waals surface area (Å²) >= 11 is 0. The van der Waals surface area contributed by atoms with Gasteiger partial charge in [0.05, 0.1) is 0 Å². The summed E-state index contributed by atoms with van der Waals surface area (Å²) in [5, 5.41) is 24.9. The molecule has 4 aromatic rings. The van der Waals surface area contributed by atoms with Crippen molar-refractivity contribution in [1.82, 2.24) is 4.90 Å². The second-order valence-corrected chi connectivity index (χ2v) is 9.27. The first kappa shape index (κ1) is 22.5. The summed E-state index contributed by atoms with van der Waals surface area (Å²) < 4.78 is 0. The number of benzene rings is 4. The molecule has 2 atom stereocenters. The molecule has 2 N–H and O–H groups in total. The van der Waals surface area contributed by atoms with Crippen LogP contribution in [0.4, 0.5) is 0 Å². The number of likely N-dealkylation sites (tertiary alicyclic amines) is 1. The third-order valence-corrected chi connectivity index (χ3v) is 7.52. The van der Waals surface area contributed by atoms with E-state index in [2.05, 4.69) is 4.90 Å². The molecule has 0 saturated carbocycles. The van der Waals surface area contributed by atoms with Crippen LogP contribution in [0.5, 0.6) is 0 Å². The minimum Gasteiger partial charge on any atom is -0.379 e. The third kappa shape index (κ3) is 3.67. The molecule has 172 valence electrons. The molecule has 0 bridgehead atoms. The van der Waals surface area contributed by atoms with E-state index in [1.165, 1.54) is 0 Å². The molecule has 0 aromatic heterocycles. The normalized spacial score (nSPS) is 19.3. The van der Waals surface area contributed by atoms with E-state index in [9.17, 15) is 10.2 Å². The van der Waals surface area contributed by atoms with Crippen LogP contribution in [-0.2, 0) is 11.2 Å². The molecule has 0 amide bonds. The van der Waals surface area contributed by atoms with Gasteiger partial charge in [-0.25, -0.2) is 0 Å². The molecule has 3 nitrogen and oxygen atoms in total. The average Bonchev–Trinajstić information content (AvgIpc) is 3.32. The van der Waals surface area contributed by atoms with Gasteiger partial charge in [0.2, 0.25) is 0 Å². The quantitative estimate of drug-likeness (QED) is 0.419. The molecule has 1 aliphatic heterocycles. The summed E-state index contributed by atoms with van der Waals surface area (Å²) in [4.78, 5) is 2.19. The van der Waals surface area contributed by atoms with Crippen LogP contribution in [0.1, 0.15) is 35.1 Å². The van der Waals surface area contributed by atoms with Gasteiger partial charge in [-0.05, 0) is 42.1 Å². The maximum absolute atomic E-state index is 12.4. The van der Waals surface area contributed by atoms with Crippen LogP contribution in [0.2, 0.25) is 0 Å². The topological polar surface area (TPSA) is 43.7 Å². The molecule has 1 saturated heterocycles. The Labute approximate surface area is 201 Å². The number of hydrogen-bond acceptors (Lipinski definition) is 3. The molecule has 4 aromatic carbocycles. The van der Waals surface area contributed by atoms with Gasteiger partial charge in [0.1, 0.15) is 11.2 Å². The lowest BCUT2D eigenvalue weighted by Gasteiger charge is -2.44. The van der Waals surface area contributed by atoms with Crippen molar-refractivity contribution in [2.75, 3.05) is 7.05 Å². The highest BCUT2D eigenvalue weighted by Gasteiger charge is 2.53. The van der Waals surface area contributed by atoms with E-state index < -0.39 is 11.2 Å². The zero-order chi connectivity index (χ0) is 23.6. The number of aliphatic hydroxyl groups is 2. The van der Waals surface area contributed by atoms with E-state index in [1.807, 2.05) is 128 Å². The van der Waals surface area contributed by atoms with Gasteiger partial charge in [-0.1, -0.05) is 121 Å². The molecule has 1 heterocycles. The minimum absolute atomic E-state index is 0.207. The molecule has 0 spiro atoms. The van der Waals surface area contributed by atoms with Gasteiger partial charge >= 0.3 is 0 Å². The lowest BCUT2D eigenvalue weighted by atomic mass is 9.79. The molecule has 5 rings (SSSR count). The van der Waals surface area contributed by atoms with Crippen molar-refractivity contribution in [1.29, 1.82) is 0 Å². The summed E-state index contributed by atoms with van der Waals surface area (Å²) in [5.74, 6) is 0. The maximum atomic E-state index is 12.4. The smallest absolute Gasteiger partial charge is 0.130 e. The first-order chi connectivity index (χ1) is 16.6. The average molecular weight is 450 g/mol. The second-order valence-electron chi connectivity index (χ2n) is 9.27. The van der Waals surface area contributed by atoms with Crippen LogP contribution in [0, 0.1) is 0 Å². The number of likely N-dealkylation sites (N-methyl/N-ethyl adjacent to an activating group) is 1. The Morgan fingerprint density at radius 1 is 0.500 bits per heavy atom. The fourth-order valence-corrected chi connectivity index (χ4v) is 5.82. The lowest BCUT2D eigenvalue weighted by Crippen LogP contribution is -2.54. The standard InChI is InChI=1S/C31H31NO2/c1-32-28(30(33,24-14-6-2-7-15-24)25-16-8-3-9-17-25)22-23-29(32)31(34,26-18-10-4-11-19-26)27-20-12-5-13-21-27/h2-21,28-29,33-34H,22-23H2,1H3/t28-,29-/m1/s1. The first-order valence-electron chi connectivity index (χ1n) is 11.9. The van der Waals surface area contributed by atoms with E-state index in [-0.39, 0.29) is 12.1 Å². The highest BCUT2D eigenvalue weighted by atomic mass is 16.3. The van der Waals surface area contributed by atoms with Crippen LogP contribution in [0.25, 0.3) is 0 Å². The van der Waals surface area contributed by atoms with Gasteiger partial charge in [-0.2, -0.15) is 0 Å². The van der Waals surface area contributed by atoms with Crippen LogP contribution in [-0.4, -0.2) is 34.2 Å². The molecule has 0 unspecified atom stereocenters. The maximum Gasteiger partial charge on any atom is 0.130 e. The zero-order valence-corrected chi connectivity index (χ0v) is 19.5. The number of nitrogens with zero attached hydrogens (tertiary/aromatic N) is 1. The summed E-state index contributed by atoms with van der Waals surface area (Å²) in [6.07, 6.45) is 1.51. The Hall–Kier alpha value is -3.24. The van der Waals surface area contributed by atoms with Crippen molar-refractivity contribution in [2.45, 2.75) is 36.1 Å². The van der Waals surface area contributed by atoms with Gasteiger partial charge in [-0.3, -0.25) is 4.90 Å². The second kappa shape index (κ2) is 9.19. The van der Waals surface area contributed by atoms with Gasteiger partial charge in [-0.15, -0.1) is 0 Å². The molecular formula is C31H31NO2. The molecule has 0 radical (unpaired) electrons. The van der Waals surface area contributed by atoms with Gasteiger partial charge in [0.25, 0.3) is 0 Å². The Kier molecular flexibility index (Phi) is 6.09. The van der Waals surface area contributed by atoms with E-state index in [0.29, 0.717) is 0 Å². The SMILES string of the molecule is CN1[C@@H](C(O)(c2ccccc2)c2ccccc2)CC[C@@H]1C(O)(c1ccccc1)c1ccccc1. The molecular weight excluding hydrogens is 418 g/mol. The van der Waals surface area contributed by atoms with Crippen molar-refractivity contribution >= 4 is 0 Å². The molecule has 3 heteroatoms. The van der Waals surface area contributed by atoms with Crippen LogP contribution >= 0.6 is 0 Å². The summed E-state index contributed by atoms with van der Waals surface area (Å²) in [6.45, 7) is 0. The van der Waals surface area contributed by atoms with Crippen molar-refractivity contribution < 1.29 is 10.2 Å². The first-order valence-corrected chi connectivity index (χ1v) is 11.9. The molecule has 0 aliphatic carbocycles. The van der Waals surface area contributed by atoms with Crippen LogP contribution in [0.15, 0.2) is 121 Å². The van der Waals surface area contributed by atoms with E-state index in [4.69, 9.17) is 0 Å². The fraction of sp³-hybridized carbons (Fsp3) is 0.226. The minimum atomic E-state index is -1.21. The third-order valence-electron chi connectivity index (χ3n) is 7.52. The van der Waals surface area contributed by atoms with Crippen molar-refractivity contribution in [3.63, 3.8) is 0 Å². The lowest BCUT2D eigenvalue weighted by molar-refractivity contribution is -0.0469. The molecule has 1 aliphatic rings. The van der Waals surface area contributed by atoms with Crippen LogP contribution in [0.3, 0.4) is 0 Å². The number of hydrogen-bond donors (Lipinski definition) is 2. The monoisotopic (exact) mass is 449 g/mol. The fourth-order valence-electron chi connectivity index (χ4n) is 5.82. The summed E-state index contributed by atoms with van der Waals surface area (Å²) in [6, 6.07) is 39.2. The predicted octanol–water partition coefficient (Wildman–Crippen LogP) is 5.32. The van der Waals surface area contributed by atoms with Gasteiger partial charge in [0, 0.05) is 12.1 Å². The Morgan fingerprint density at radius 2 is 0.735 bits per heavy atom. The van der Waals surface area contributed by atoms with E-state index in [1.54, 1.807) is 0 Å². The summed E-state index contributed by atoms with van der Waals surface area (Å²) in [5.41, 5.74) is 1.03. The Bertz CT molecular complexity index is 1020. The van der Waals surface area contributed by atoms with E-state index in [0.717, 1.165) is 35.1 Å². The largest absolute Gasteiger partial charge is 0.379 e. The van der Waals surface area contributed by atoms with Crippen molar-refractivity contribution in [3.8, 4) is 0 Å². The van der Waals surface area contributed by atoms with Crippen molar-refractivity contribution in [2.24, 2.45) is 0 Å². The molecule has 1 fully saturated rings. The zero-order valence-electron chi connectivity index (χ0n) is 19.5. The highest BCUT2D eigenvalue weighted by Crippen LogP contribution is 2.47. The van der Waals surface area contributed by atoms with Gasteiger partial charge in [0.15, 0.2) is 0 Å². The number of rotatable bonds is 6. The Balaban J connectivity index is 1.61.